The van der Waals surface area contributed by atoms with E-state index in [0.29, 0.717) is 6.04 Å². The molecule has 2 heterocycles. The normalized spacial score (nSPS) is 11.3. The molecule has 0 aliphatic rings. The first-order chi connectivity index (χ1) is 11.1. The molecule has 5 heteroatoms. The van der Waals surface area contributed by atoms with Crippen LogP contribution in [0.5, 0.6) is 0 Å². The van der Waals surface area contributed by atoms with Gasteiger partial charge in [-0.15, -0.1) is 11.3 Å². The number of aromatic nitrogens is 2. The molecule has 0 bridgehead atoms. The lowest BCUT2D eigenvalue weighted by molar-refractivity contribution is 0.896. The number of aryl methyl sites for hydroxylation is 1. The molecule has 0 fully saturated rings. The standard InChI is InChI=1S/C18H21N3OS/c1-4-5-12-6-7-13-14(8-12)20-15(9-17(13)22)16-10-23-18(21-16)19-11(2)3/h6-11H,4-5H2,1-3H3,(H,19,21)(H,20,22). The highest BCUT2D eigenvalue weighted by molar-refractivity contribution is 7.14. The van der Waals surface area contributed by atoms with E-state index in [0.717, 1.165) is 40.3 Å². The number of hydrogen-bond donors (Lipinski definition) is 2. The maximum atomic E-state index is 12.4. The first kappa shape index (κ1) is 15.7. The number of anilines is 1. The van der Waals surface area contributed by atoms with E-state index in [9.17, 15) is 4.79 Å². The minimum atomic E-state index is 0.0307. The van der Waals surface area contributed by atoms with E-state index in [1.165, 1.54) is 5.56 Å². The summed E-state index contributed by atoms with van der Waals surface area (Å²) in [5, 5.41) is 6.86. The van der Waals surface area contributed by atoms with Gasteiger partial charge in [0.15, 0.2) is 10.6 Å². The Labute approximate surface area is 139 Å². The zero-order chi connectivity index (χ0) is 16.4. The molecule has 4 nitrogen and oxygen atoms in total. The molecule has 120 valence electrons. The van der Waals surface area contributed by atoms with Gasteiger partial charge in [-0.25, -0.2) is 4.98 Å². The summed E-state index contributed by atoms with van der Waals surface area (Å²) in [6, 6.07) is 7.99. The number of nitrogens with zero attached hydrogens (tertiary/aromatic N) is 1. The molecule has 0 amide bonds. The van der Waals surface area contributed by atoms with Crippen LogP contribution < -0.4 is 10.7 Å². The van der Waals surface area contributed by atoms with Crippen molar-refractivity contribution < 1.29 is 0 Å². The van der Waals surface area contributed by atoms with E-state index >= 15 is 0 Å². The Bertz CT molecular complexity index is 879. The second kappa shape index (κ2) is 6.54. The minimum absolute atomic E-state index is 0.0307. The van der Waals surface area contributed by atoms with Crippen LogP contribution in [0.1, 0.15) is 32.8 Å². The number of benzene rings is 1. The van der Waals surface area contributed by atoms with E-state index in [4.69, 9.17) is 0 Å². The SMILES string of the molecule is CCCc1ccc2c(=O)cc(-c3csc(NC(C)C)n3)[nH]c2c1. The highest BCUT2D eigenvalue weighted by Gasteiger charge is 2.09. The maximum Gasteiger partial charge on any atom is 0.190 e. The van der Waals surface area contributed by atoms with Gasteiger partial charge in [-0.05, 0) is 38.0 Å². The van der Waals surface area contributed by atoms with Crippen LogP contribution in [0.15, 0.2) is 34.4 Å². The molecule has 0 atom stereocenters. The maximum absolute atomic E-state index is 12.4. The van der Waals surface area contributed by atoms with E-state index in [1.807, 2.05) is 17.5 Å². The van der Waals surface area contributed by atoms with Crippen LogP contribution in [0.25, 0.3) is 22.3 Å². The molecule has 0 unspecified atom stereocenters. The zero-order valence-electron chi connectivity index (χ0n) is 13.6. The highest BCUT2D eigenvalue weighted by Crippen LogP contribution is 2.24. The van der Waals surface area contributed by atoms with Gasteiger partial charge in [0.25, 0.3) is 0 Å². The fourth-order valence-electron chi connectivity index (χ4n) is 2.59. The second-order valence-electron chi connectivity index (χ2n) is 6.01. The molecule has 0 aliphatic heterocycles. The Morgan fingerprint density at radius 2 is 2.13 bits per heavy atom. The Morgan fingerprint density at radius 3 is 2.87 bits per heavy atom. The molecule has 3 aromatic rings. The van der Waals surface area contributed by atoms with Crippen LogP contribution in [0.2, 0.25) is 0 Å². The lowest BCUT2D eigenvalue weighted by Crippen LogP contribution is -2.09. The van der Waals surface area contributed by atoms with Crippen LogP contribution in [0, 0.1) is 0 Å². The number of thiazole rings is 1. The van der Waals surface area contributed by atoms with Crippen molar-refractivity contribution in [3.63, 3.8) is 0 Å². The molecule has 0 saturated carbocycles. The fourth-order valence-corrected chi connectivity index (χ4v) is 3.45. The summed E-state index contributed by atoms with van der Waals surface area (Å²) in [5.41, 5.74) is 3.73. The van der Waals surface area contributed by atoms with Crippen molar-refractivity contribution in [3.8, 4) is 11.4 Å². The van der Waals surface area contributed by atoms with Gasteiger partial charge in [0, 0.05) is 22.9 Å². The van der Waals surface area contributed by atoms with Gasteiger partial charge in [0.1, 0.15) is 0 Å². The van der Waals surface area contributed by atoms with Gasteiger partial charge >= 0.3 is 0 Å². The quantitative estimate of drug-likeness (QED) is 0.729. The largest absolute Gasteiger partial charge is 0.359 e. The number of nitrogens with one attached hydrogen (secondary N) is 2. The first-order valence-electron chi connectivity index (χ1n) is 7.95. The summed E-state index contributed by atoms with van der Waals surface area (Å²) in [7, 11) is 0. The van der Waals surface area contributed by atoms with Crippen LogP contribution in [-0.2, 0) is 6.42 Å². The van der Waals surface area contributed by atoms with Crippen molar-refractivity contribution in [1.29, 1.82) is 0 Å². The number of fused-ring (bicyclic) bond motifs is 1. The number of aromatic amines is 1. The van der Waals surface area contributed by atoms with Crippen molar-refractivity contribution in [3.05, 3.63) is 45.4 Å². The number of rotatable bonds is 5. The summed E-state index contributed by atoms with van der Waals surface area (Å²) in [6.07, 6.45) is 2.10. The molecule has 0 saturated heterocycles. The van der Waals surface area contributed by atoms with Crippen molar-refractivity contribution in [1.82, 2.24) is 9.97 Å². The van der Waals surface area contributed by atoms with Crippen molar-refractivity contribution in [2.24, 2.45) is 0 Å². The van der Waals surface area contributed by atoms with Crippen LogP contribution in [-0.4, -0.2) is 16.0 Å². The number of hydrogen-bond acceptors (Lipinski definition) is 4. The first-order valence-corrected chi connectivity index (χ1v) is 8.83. The molecule has 2 N–H and O–H groups in total. The Balaban J connectivity index is 2.03. The lowest BCUT2D eigenvalue weighted by Gasteiger charge is -2.06. The smallest absolute Gasteiger partial charge is 0.190 e. The van der Waals surface area contributed by atoms with Crippen molar-refractivity contribution in [2.45, 2.75) is 39.7 Å². The predicted molar refractivity (Wildman–Crippen MR) is 98.4 cm³/mol. The van der Waals surface area contributed by atoms with E-state index in [-0.39, 0.29) is 5.43 Å². The average molecular weight is 327 g/mol. The third-order valence-corrected chi connectivity index (χ3v) is 4.40. The Morgan fingerprint density at radius 1 is 1.30 bits per heavy atom. The summed E-state index contributed by atoms with van der Waals surface area (Å²) in [6.45, 7) is 6.31. The number of H-pyrrole nitrogens is 1. The molecule has 23 heavy (non-hydrogen) atoms. The topological polar surface area (TPSA) is 57.8 Å². The van der Waals surface area contributed by atoms with Gasteiger partial charge in [0.2, 0.25) is 0 Å². The summed E-state index contributed by atoms with van der Waals surface area (Å²) in [5.74, 6) is 0. The molecule has 0 aliphatic carbocycles. The third kappa shape index (κ3) is 3.45. The molecular weight excluding hydrogens is 306 g/mol. The summed E-state index contributed by atoms with van der Waals surface area (Å²) >= 11 is 1.55. The van der Waals surface area contributed by atoms with Gasteiger partial charge < -0.3 is 10.3 Å². The Hall–Kier alpha value is -2.14. The number of pyridine rings is 1. The van der Waals surface area contributed by atoms with Gasteiger partial charge in [-0.2, -0.15) is 0 Å². The average Bonchev–Trinajstić information content (AvgIpc) is 2.95. The second-order valence-corrected chi connectivity index (χ2v) is 6.87. The van der Waals surface area contributed by atoms with E-state index in [2.05, 4.69) is 42.1 Å². The van der Waals surface area contributed by atoms with Crippen molar-refractivity contribution in [2.75, 3.05) is 5.32 Å². The molecule has 0 radical (unpaired) electrons. The zero-order valence-corrected chi connectivity index (χ0v) is 14.5. The third-order valence-electron chi connectivity index (χ3n) is 3.63. The molecular formula is C18H21N3OS. The minimum Gasteiger partial charge on any atom is -0.359 e. The lowest BCUT2D eigenvalue weighted by atomic mass is 10.1. The van der Waals surface area contributed by atoms with Gasteiger partial charge in [-0.1, -0.05) is 19.4 Å². The highest BCUT2D eigenvalue weighted by atomic mass is 32.1. The van der Waals surface area contributed by atoms with Crippen LogP contribution >= 0.6 is 11.3 Å². The monoisotopic (exact) mass is 327 g/mol. The summed E-state index contributed by atoms with van der Waals surface area (Å²) in [4.78, 5) is 20.3. The molecule has 2 aromatic heterocycles. The van der Waals surface area contributed by atoms with E-state index in [1.54, 1.807) is 17.4 Å². The van der Waals surface area contributed by atoms with E-state index < -0.39 is 0 Å². The van der Waals surface area contributed by atoms with Crippen LogP contribution in [0.4, 0.5) is 5.13 Å². The summed E-state index contributed by atoms with van der Waals surface area (Å²) < 4.78 is 0. The van der Waals surface area contributed by atoms with Crippen LogP contribution in [0.3, 0.4) is 0 Å². The Kier molecular flexibility index (Phi) is 4.48. The van der Waals surface area contributed by atoms with Gasteiger partial charge in [0.05, 0.1) is 16.9 Å². The predicted octanol–water partition coefficient (Wildman–Crippen LogP) is 4.42. The molecule has 3 rings (SSSR count). The molecule has 0 spiro atoms. The molecule has 1 aromatic carbocycles. The van der Waals surface area contributed by atoms with Crippen molar-refractivity contribution >= 4 is 27.4 Å². The van der Waals surface area contributed by atoms with Gasteiger partial charge in [-0.3, -0.25) is 4.79 Å². The fraction of sp³-hybridized carbons (Fsp3) is 0.333.